The van der Waals surface area contributed by atoms with Crippen LogP contribution in [0.1, 0.15) is 16.1 Å². The van der Waals surface area contributed by atoms with Crippen molar-refractivity contribution in [2.45, 2.75) is 6.54 Å². The second kappa shape index (κ2) is 5.81. The molecule has 0 bridgehead atoms. The zero-order valence-electron chi connectivity index (χ0n) is 10.3. The Morgan fingerprint density at radius 1 is 1.26 bits per heavy atom. The molecule has 0 spiro atoms. The molecule has 0 atom stereocenters. The first-order valence-corrected chi connectivity index (χ1v) is 5.63. The molecule has 1 aromatic carbocycles. The van der Waals surface area contributed by atoms with E-state index in [0.29, 0.717) is 12.4 Å². The summed E-state index contributed by atoms with van der Waals surface area (Å²) < 4.78 is 5.23. The average Bonchev–Trinajstić information content (AvgIpc) is 2.45. The number of aromatic nitrogens is 2. The normalized spacial score (nSPS) is 9.95. The molecule has 6 heteroatoms. The van der Waals surface area contributed by atoms with Crippen molar-refractivity contribution in [2.75, 3.05) is 12.4 Å². The minimum Gasteiger partial charge on any atom is -0.496 e. The summed E-state index contributed by atoms with van der Waals surface area (Å²) >= 11 is 0. The van der Waals surface area contributed by atoms with Gasteiger partial charge in [-0.1, -0.05) is 18.2 Å². The van der Waals surface area contributed by atoms with Gasteiger partial charge in [0.25, 0.3) is 0 Å². The van der Waals surface area contributed by atoms with Crippen molar-refractivity contribution in [3.63, 3.8) is 0 Å². The molecule has 0 aliphatic rings. The lowest BCUT2D eigenvalue weighted by Gasteiger charge is -2.09. The van der Waals surface area contributed by atoms with Gasteiger partial charge >= 0.3 is 5.97 Å². The van der Waals surface area contributed by atoms with E-state index in [-0.39, 0.29) is 5.69 Å². The van der Waals surface area contributed by atoms with Crippen molar-refractivity contribution in [3.05, 3.63) is 47.7 Å². The van der Waals surface area contributed by atoms with Crippen LogP contribution in [-0.4, -0.2) is 28.4 Å². The van der Waals surface area contributed by atoms with Gasteiger partial charge in [-0.3, -0.25) is 0 Å². The number of aromatic carboxylic acids is 1. The molecule has 0 radical (unpaired) electrons. The molecular formula is C13H13N3O3. The highest BCUT2D eigenvalue weighted by atomic mass is 16.5. The summed E-state index contributed by atoms with van der Waals surface area (Å²) in [5, 5.41) is 19.1. The van der Waals surface area contributed by atoms with Crippen molar-refractivity contribution in [2.24, 2.45) is 0 Å². The topological polar surface area (TPSA) is 84.3 Å². The molecule has 1 heterocycles. The van der Waals surface area contributed by atoms with Crippen LogP contribution >= 0.6 is 0 Å². The number of carbonyl (C=O) groups is 1. The van der Waals surface area contributed by atoms with Crippen LogP contribution in [0.3, 0.4) is 0 Å². The van der Waals surface area contributed by atoms with Crippen molar-refractivity contribution in [1.82, 2.24) is 10.2 Å². The number of carboxylic acids is 1. The summed E-state index contributed by atoms with van der Waals surface area (Å²) in [6, 6.07) is 10.6. The SMILES string of the molecule is COc1ccccc1CNc1ccc(C(=O)O)nn1. The van der Waals surface area contributed by atoms with E-state index in [0.717, 1.165) is 11.3 Å². The molecule has 0 aliphatic heterocycles. The molecule has 2 rings (SSSR count). The summed E-state index contributed by atoms with van der Waals surface area (Å²) in [5.41, 5.74) is 0.900. The quantitative estimate of drug-likeness (QED) is 0.851. The molecule has 0 saturated carbocycles. The number of nitrogens with one attached hydrogen (secondary N) is 1. The molecule has 0 saturated heterocycles. The fourth-order valence-corrected chi connectivity index (χ4v) is 1.58. The summed E-state index contributed by atoms with van der Waals surface area (Å²) in [6.45, 7) is 0.519. The zero-order valence-corrected chi connectivity index (χ0v) is 10.3. The number of hydrogen-bond donors (Lipinski definition) is 2. The first kappa shape index (κ1) is 12.8. The molecule has 0 unspecified atom stereocenters. The second-order valence-corrected chi connectivity index (χ2v) is 3.77. The van der Waals surface area contributed by atoms with Gasteiger partial charge in [-0.05, 0) is 18.2 Å². The summed E-state index contributed by atoms with van der Waals surface area (Å²) in [5.74, 6) is 0.199. The minimum atomic E-state index is -1.09. The van der Waals surface area contributed by atoms with Crippen LogP contribution in [0.4, 0.5) is 5.82 Å². The third-order valence-electron chi connectivity index (χ3n) is 2.54. The minimum absolute atomic E-state index is 0.0807. The van der Waals surface area contributed by atoms with Crippen LogP contribution < -0.4 is 10.1 Å². The molecule has 0 aliphatic carbocycles. The van der Waals surface area contributed by atoms with Crippen LogP contribution in [0.5, 0.6) is 5.75 Å². The number of methoxy groups -OCH3 is 1. The Balaban J connectivity index is 2.04. The van der Waals surface area contributed by atoms with Crippen LogP contribution in [0.2, 0.25) is 0 Å². The van der Waals surface area contributed by atoms with Gasteiger partial charge in [-0.2, -0.15) is 0 Å². The number of hydrogen-bond acceptors (Lipinski definition) is 5. The van der Waals surface area contributed by atoms with E-state index in [9.17, 15) is 4.79 Å². The Morgan fingerprint density at radius 3 is 2.68 bits per heavy atom. The molecule has 1 aromatic heterocycles. The number of anilines is 1. The van der Waals surface area contributed by atoms with Crippen LogP contribution in [0.25, 0.3) is 0 Å². The van der Waals surface area contributed by atoms with Crippen LogP contribution in [0.15, 0.2) is 36.4 Å². The molecule has 2 N–H and O–H groups in total. The average molecular weight is 259 g/mol. The van der Waals surface area contributed by atoms with E-state index in [1.165, 1.54) is 6.07 Å². The van der Waals surface area contributed by atoms with E-state index < -0.39 is 5.97 Å². The van der Waals surface area contributed by atoms with E-state index >= 15 is 0 Å². The first-order valence-electron chi connectivity index (χ1n) is 5.63. The van der Waals surface area contributed by atoms with E-state index in [1.54, 1.807) is 13.2 Å². The van der Waals surface area contributed by atoms with E-state index in [1.807, 2.05) is 24.3 Å². The van der Waals surface area contributed by atoms with Crippen LogP contribution in [-0.2, 0) is 6.54 Å². The highest BCUT2D eigenvalue weighted by Gasteiger charge is 2.05. The fourth-order valence-electron chi connectivity index (χ4n) is 1.58. The Bertz CT molecular complexity index is 570. The smallest absolute Gasteiger partial charge is 0.356 e. The number of carboxylic acid groups (broad SMARTS) is 1. The maximum Gasteiger partial charge on any atom is 0.356 e. The zero-order chi connectivity index (χ0) is 13.7. The predicted molar refractivity (Wildman–Crippen MR) is 69.3 cm³/mol. The number of ether oxygens (including phenoxy) is 1. The van der Waals surface area contributed by atoms with Gasteiger partial charge in [0.1, 0.15) is 11.6 Å². The number of benzene rings is 1. The van der Waals surface area contributed by atoms with Crippen molar-refractivity contribution < 1.29 is 14.6 Å². The monoisotopic (exact) mass is 259 g/mol. The fraction of sp³-hybridized carbons (Fsp3) is 0.154. The van der Waals surface area contributed by atoms with Gasteiger partial charge in [0.05, 0.1) is 7.11 Å². The lowest BCUT2D eigenvalue weighted by Crippen LogP contribution is -2.06. The van der Waals surface area contributed by atoms with Crippen molar-refractivity contribution >= 4 is 11.8 Å². The Kier molecular flexibility index (Phi) is 3.92. The molecule has 6 nitrogen and oxygen atoms in total. The maximum atomic E-state index is 10.6. The lowest BCUT2D eigenvalue weighted by molar-refractivity contribution is 0.0689. The summed E-state index contributed by atoms with van der Waals surface area (Å²) in [6.07, 6.45) is 0. The molecule has 0 fully saturated rings. The largest absolute Gasteiger partial charge is 0.496 e. The number of para-hydroxylation sites is 1. The van der Waals surface area contributed by atoms with Gasteiger partial charge in [0.15, 0.2) is 5.69 Å². The Labute approximate surface area is 110 Å². The van der Waals surface area contributed by atoms with Gasteiger partial charge in [-0.15, -0.1) is 10.2 Å². The third-order valence-corrected chi connectivity index (χ3v) is 2.54. The lowest BCUT2D eigenvalue weighted by atomic mass is 10.2. The van der Waals surface area contributed by atoms with Gasteiger partial charge in [-0.25, -0.2) is 4.79 Å². The highest BCUT2D eigenvalue weighted by Crippen LogP contribution is 2.18. The molecule has 0 amide bonds. The Morgan fingerprint density at radius 2 is 2.05 bits per heavy atom. The third kappa shape index (κ3) is 3.19. The van der Waals surface area contributed by atoms with Gasteiger partial charge < -0.3 is 15.2 Å². The Hall–Kier alpha value is -2.63. The molecule has 19 heavy (non-hydrogen) atoms. The first-order chi connectivity index (χ1) is 9.20. The molecular weight excluding hydrogens is 246 g/mol. The molecule has 98 valence electrons. The summed E-state index contributed by atoms with van der Waals surface area (Å²) in [7, 11) is 1.61. The predicted octanol–water partition coefficient (Wildman–Crippen LogP) is 1.80. The van der Waals surface area contributed by atoms with E-state index in [2.05, 4.69) is 15.5 Å². The van der Waals surface area contributed by atoms with Crippen molar-refractivity contribution in [3.8, 4) is 5.75 Å². The van der Waals surface area contributed by atoms with Crippen molar-refractivity contribution in [1.29, 1.82) is 0 Å². The van der Waals surface area contributed by atoms with Crippen LogP contribution in [0, 0.1) is 0 Å². The highest BCUT2D eigenvalue weighted by molar-refractivity contribution is 5.85. The van der Waals surface area contributed by atoms with Gasteiger partial charge in [0.2, 0.25) is 0 Å². The maximum absolute atomic E-state index is 10.6. The summed E-state index contributed by atoms with van der Waals surface area (Å²) in [4.78, 5) is 10.6. The molecule has 2 aromatic rings. The second-order valence-electron chi connectivity index (χ2n) is 3.77. The van der Waals surface area contributed by atoms with Gasteiger partial charge in [0, 0.05) is 12.1 Å². The number of nitrogens with zero attached hydrogens (tertiary/aromatic N) is 2. The van der Waals surface area contributed by atoms with E-state index in [4.69, 9.17) is 9.84 Å². The number of rotatable bonds is 5. The standard InChI is InChI=1S/C13H13N3O3/c1-19-11-5-3-2-4-9(11)8-14-12-7-6-10(13(17)18)15-16-12/h2-7H,8H2,1H3,(H,14,16)(H,17,18).